The Labute approximate surface area is 191 Å². The smallest absolute Gasteiger partial charge is 0.193 e. The van der Waals surface area contributed by atoms with E-state index >= 15 is 0 Å². The van der Waals surface area contributed by atoms with Gasteiger partial charge in [0.2, 0.25) is 0 Å². The van der Waals surface area contributed by atoms with Gasteiger partial charge in [0.25, 0.3) is 0 Å². The molecule has 1 aliphatic carbocycles. The Hall–Kier alpha value is -1.61. The number of likely N-dealkylation sites (tertiary alicyclic amines) is 1. The average molecular weight is 508 g/mol. The Balaban J connectivity index is 0.00000240. The molecule has 1 aliphatic heterocycles. The molecule has 0 radical (unpaired) electrons. The predicted molar refractivity (Wildman–Crippen MR) is 130 cm³/mol. The minimum absolute atomic E-state index is 0. The van der Waals surface area contributed by atoms with Gasteiger partial charge < -0.3 is 11.1 Å². The number of guanidine groups is 1. The summed E-state index contributed by atoms with van der Waals surface area (Å²) in [4.78, 5) is 7.17. The molecule has 0 bridgehead atoms. The fraction of sp³-hybridized carbons (Fsp3) is 0.545. The maximum absolute atomic E-state index is 6.29. The van der Waals surface area contributed by atoms with E-state index in [1.165, 1.54) is 42.5 Å². The molecule has 6 nitrogen and oxygen atoms in total. The maximum Gasteiger partial charge on any atom is 0.193 e. The Morgan fingerprint density at radius 3 is 2.83 bits per heavy atom. The van der Waals surface area contributed by atoms with Gasteiger partial charge >= 0.3 is 0 Å². The fourth-order valence-corrected chi connectivity index (χ4v) is 4.88. The lowest BCUT2D eigenvalue weighted by molar-refractivity contribution is 0.119. The van der Waals surface area contributed by atoms with Gasteiger partial charge in [-0.1, -0.05) is 12.1 Å². The van der Waals surface area contributed by atoms with Crippen LogP contribution in [0.25, 0.3) is 0 Å². The van der Waals surface area contributed by atoms with E-state index in [1.807, 2.05) is 17.9 Å². The van der Waals surface area contributed by atoms with Gasteiger partial charge in [-0.3, -0.25) is 14.6 Å². The molecular formula is C22H33IN6. The first-order valence-corrected chi connectivity index (χ1v) is 10.5. The topological polar surface area (TPSA) is 71.5 Å². The summed E-state index contributed by atoms with van der Waals surface area (Å²) < 4.78 is 1.99. The summed E-state index contributed by atoms with van der Waals surface area (Å²) in [7, 11) is 4.22. The second-order valence-electron chi connectivity index (χ2n) is 8.21. The first-order chi connectivity index (χ1) is 13.6. The lowest BCUT2D eigenvalue weighted by Gasteiger charge is -2.38. The molecule has 1 aromatic heterocycles. The first-order valence-electron chi connectivity index (χ1n) is 10.5. The van der Waals surface area contributed by atoms with Crippen LogP contribution >= 0.6 is 24.0 Å². The standard InChI is InChI=1S/C22H32N6.HI/c1-27-14-6-9-17(21(27)20-12-13-25-28(20)2)15-24-22(23)26-19-11-5-8-16-7-3-4-10-18(16)19;/h5,8,11-13,17,21H,3-4,6-7,9-10,14-15H2,1-2H3,(H3,23,24,26);1H/t17-,21+;/m0./s1. The van der Waals surface area contributed by atoms with Crippen molar-refractivity contribution in [1.29, 1.82) is 0 Å². The number of nitrogens with two attached hydrogens (primary N) is 1. The molecule has 1 aromatic carbocycles. The van der Waals surface area contributed by atoms with Crippen LogP contribution in [0.3, 0.4) is 0 Å². The van der Waals surface area contributed by atoms with Crippen molar-refractivity contribution in [2.75, 3.05) is 25.5 Å². The highest BCUT2D eigenvalue weighted by atomic mass is 127. The van der Waals surface area contributed by atoms with Gasteiger partial charge in [-0.25, -0.2) is 0 Å². The number of nitrogens with one attached hydrogen (secondary N) is 1. The molecule has 7 heteroatoms. The van der Waals surface area contributed by atoms with E-state index in [0.717, 1.165) is 31.6 Å². The molecule has 3 N–H and O–H groups in total. The van der Waals surface area contributed by atoms with Crippen LogP contribution < -0.4 is 11.1 Å². The monoisotopic (exact) mass is 508 g/mol. The number of aliphatic imine (C=N–C) groups is 1. The van der Waals surface area contributed by atoms with E-state index in [0.29, 0.717) is 17.9 Å². The van der Waals surface area contributed by atoms with E-state index in [2.05, 4.69) is 46.6 Å². The van der Waals surface area contributed by atoms with E-state index in [1.54, 1.807) is 0 Å². The molecule has 2 aliphatic rings. The zero-order chi connectivity index (χ0) is 19.5. The summed E-state index contributed by atoms with van der Waals surface area (Å²) in [6, 6.07) is 8.94. The number of piperidine rings is 1. The minimum Gasteiger partial charge on any atom is -0.370 e. The lowest BCUT2D eigenvalue weighted by Crippen LogP contribution is -2.39. The van der Waals surface area contributed by atoms with Crippen LogP contribution in [-0.2, 0) is 19.9 Å². The van der Waals surface area contributed by atoms with Gasteiger partial charge in [0.05, 0.1) is 11.7 Å². The van der Waals surface area contributed by atoms with Crippen molar-refractivity contribution in [2.45, 2.75) is 44.6 Å². The van der Waals surface area contributed by atoms with Crippen LogP contribution in [0.1, 0.15) is 48.5 Å². The molecular weight excluding hydrogens is 475 g/mol. The third-order valence-corrected chi connectivity index (χ3v) is 6.32. The predicted octanol–water partition coefficient (Wildman–Crippen LogP) is 3.73. The number of aromatic nitrogens is 2. The van der Waals surface area contributed by atoms with Crippen molar-refractivity contribution in [3.05, 3.63) is 47.3 Å². The second kappa shape index (κ2) is 9.93. The van der Waals surface area contributed by atoms with Crippen LogP contribution in [0.15, 0.2) is 35.5 Å². The van der Waals surface area contributed by atoms with Gasteiger partial charge in [0, 0.05) is 25.5 Å². The summed E-state index contributed by atoms with van der Waals surface area (Å²) >= 11 is 0. The van der Waals surface area contributed by atoms with Gasteiger partial charge in [0.15, 0.2) is 5.96 Å². The molecule has 158 valence electrons. The second-order valence-corrected chi connectivity index (χ2v) is 8.21. The van der Waals surface area contributed by atoms with Gasteiger partial charge in [-0.05, 0) is 81.3 Å². The Morgan fingerprint density at radius 2 is 2.03 bits per heavy atom. The number of fused-ring (bicyclic) bond motifs is 1. The Bertz CT molecular complexity index is 846. The molecule has 2 heterocycles. The summed E-state index contributed by atoms with van der Waals surface area (Å²) in [5, 5.41) is 7.75. The van der Waals surface area contributed by atoms with E-state index in [4.69, 9.17) is 10.7 Å². The van der Waals surface area contributed by atoms with Crippen molar-refractivity contribution in [3.63, 3.8) is 0 Å². The highest BCUT2D eigenvalue weighted by Gasteiger charge is 2.32. The summed E-state index contributed by atoms with van der Waals surface area (Å²) in [6.07, 6.45) is 9.08. The molecule has 2 aromatic rings. The molecule has 29 heavy (non-hydrogen) atoms. The van der Waals surface area contributed by atoms with Crippen LogP contribution in [0, 0.1) is 5.92 Å². The maximum atomic E-state index is 6.29. The van der Waals surface area contributed by atoms with Crippen LogP contribution in [0.4, 0.5) is 5.69 Å². The number of benzene rings is 1. The molecule has 2 atom stereocenters. The minimum atomic E-state index is 0. The highest BCUT2D eigenvalue weighted by Crippen LogP contribution is 2.35. The molecule has 4 rings (SSSR count). The number of nitrogens with zero attached hydrogens (tertiary/aromatic N) is 4. The summed E-state index contributed by atoms with van der Waals surface area (Å²) in [6.45, 7) is 1.84. The quantitative estimate of drug-likeness (QED) is 0.375. The molecule has 0 amide bonds. The molecule has 0 spiro atoms. The van der Waals surface area contributed by atoms with Crippen molar-refractivity contribution in [2.24, 2.45) is 23.7 Å². The highest BCUT2D eigenvalue weighted by molar-refractivity contribution is 14.0. The lowest BCUT2D eigenvalue weighted by atomic mass is 9.87. The van der Waals surface area contributed by atoms with Crippen LogP contribution in [0.5, 0.6) is 0 Å². The summed E-state index contributed by atoms with van der Waals surface area (Å²) in [5.74, 6) is 0.968. The van der Waals surface area contributed by atoms with Gasteiger partial charge in [-0.15, -0.1) is 24.0 Å². The molecule has 0 saturated carbocycles. The Morgan fingerprint density at radius 1 is 1.21 bits per heavy atom. The Kier molecular flexibility index (Phi) is 7.56. The first kappa shape index (κ1) is 22.1. The molecule has 1 fully saturated rings. The van der Waals surface area contributed by atoms with E-state index < -0.39 is 0 Å². The normalized spacial score (nSPS) is 22.6. The largest absolute Gasteiger partial charge is 0.370 e. The number of halogens is 1. The fourth-order valence-electron chi connectivity index (χ4n) is 4.88. The van der Waals surface area contributed by atoms with Gasteiger partial charge in [-0.2, -0.15) is 5.10 Å². The van der Waals surface area contributed by atoms with Crippen molar-refractivity contribution in [3.8, 4) is 0 Å². The van der Waals surface area contributed by atoms with E-state index in [-0.39, 0.29) is 24.0 Å². The number of hydrogen-bond donors (Lipinski definition) is 2. The van der Waals surface area contributed by atoms with E-state index in [9.17, 15) is 0 Å². The van der Waals surface area contributed by atoms with Crippen molar-refractivity contribution in [1.82, 2.24) is 14.7 Å². The third kappa shape index (κ3) is 4.94. The third-order valence-electron chi connectivity index (χ3n) is 6.32. The average Bonchev–Trinajstić information content (AvgIpc) is 3.12. The van der Waals surface area contributed by atoms with Crippen molar-refractivity contribution < 1.29 is 0 Å². The van der Waals surface area contributed by atoms with Crippen LogP contribution in [0.2, 0.25) is 0 Å². The van der Waals surface area contributed by atoms with Crippen molar-refractivity contribution >= 4 is 35.6 Å². The van der Waals surface area contributed by atoms with Crippen LogP contribution in [-0.4, -0.2) is 40.8 Å². The number of anilines is 1. The zero-order valence-corrected chi connectivity index (χ0v) is 19.8. The number of hydrogen-bond acceptors (Lipinski definition) is 3. The van der Waals surface area contributed by atoms with Gasteiger partial charge in [0.1, 0.15) is 0 Å². The zero-order valence-electron chi connectivity index (χ0n) is 17.5. The SMILES string of the molecule is CN1CCC[C@@H](CN=C(N)Nc2cccc3c2CCCC3)[C@@H]1c1ccnn1C.I. The molecule has 0 unspecified atom stereocenters. The molecule has 1 saturated heterocycles. The summed E-state index contributed by atoms with van der Waals surface area (Å²) in [5.41, 5.74) is 11.5. The number of rotatable bonds is 4. The number of aryl methyl sites for hydroxylation is 2.